The second kappa shape index (κ2) is 16.2. The van der Waals surface area contributed by atoms with Gasteiger partial charge in [-0.25, -0.2) is 13.6 Å². The SMILES string of the molecule is Cc1cc(S(N)(=O)=O)ccc1N[C@H](CCN1CCO[C@@H](CO[Si](c2ccccc2)(c2ccccc2)C(C)(C)C)C1)CSc1ccccc1. The third-order valence-corrected chi connectivity index (χ3v) is 16.1. The van der Waals surface area contributed by atoms with Gasteiger partial charge in [0, 0.05) is 42.0 Å². The second-order valence-electron chi connectivity index (χ2n) is 13.5. The highest BCUT2D eigenvalue weighted by Crippen LogP contribution is 2.37. The first-order valence-corrected chi connectivity index (χ1v) is 21.1. The number of rotatable bonds is 14. The summed E-state index contributed by atoms with van der Waals surface area (Å²) in [5.74, 6) is 0.866. The fourth-order valence-corrected chi connectivity index (χ4v) is 12.7. The molecule has 0 amide bonds. The summed E-state index contributed by atoms with van der Waals surface area (Å²) in [5.41, 5.74) is 1.77. The molecule has 256 valence electrons. The molecule has 2 atom stereocenters. The van der Waals surface area contributed by atoms with Crippen molar-refractivity contribution in [1.29, 1.82) is 0 Å². The highest BCUT2D eigenvalue weighted by atomic mass is 32.2. The number of benzene rings is 4. The number of morpholine rings is 1. The Kier molecular flexibility index (Phi) is 12.2. The first-order valence-electron chi connectivity index (χ1n) is 16.6. The lowest BCUT2D eigenvalue weighted by atomic mass is 10.1. The molecule has 1 heterocycles. The van der Waals surface area contributed by atoms with E-state index < -0.39 is 18.3 Å². The maximum Gasteiger partial charge on any atom is 0.261 e. The Balaban J connectivity index is 1.28. The second-order valence-corrected chi connectivity index (χ2v) is 20.5. The Morgan fingerprint density at radius 1 is 0.958 bits per heavy atom. The van der Waals surface area contributed by atoms with Gasteiger partial charge >= 0.3 is 0 Å². The number of hydrogen-bond donors (Lipinski definition) is 2. The monoisotopic (exact) mass is 703 g/mol. The van der Waals surface area contributed by atoms with Gasteiger partial charge in [-0.15, -0.1) is 11.8 Å². The Morgan fingerprint density at radius 3 is 2.12 bits per heavy atom. The summed E-state index contributed by atoms with van der Waals surface area (Å²) in [6, 6.07) is 37.1. The highest BCUT2D eigenvalue weighted by molar-refractivity contribution is 7.99. The standard InChI is InChI=1S/C38H49N3O4S2Si/c1-30-26-34(47(39,42)43)20-21-37(30)40-31(29-46-33-14-8-5-9-15-33)22-23-41-24-25-44-32(27-41)28-45-48(38(2,3)4,35-16-10-6-11-17-35)36-18-12-7-13-19-36/h5-21,26,31-32,40H,22-25,27-29H2,1-4H3,(H2,39,42,43)/t31-,32-/m1/s1. The normalized spacial score (nSPS) is 16.8. The van der Waals surface area contributed by atoms with Crippen LogP contribution in [0.4, 0.5) is 5.69 Å². The molecule has 0 saturated carbocycles. The first kappa shape index (κ1) is 36.3. The number of primary sulfonamides is 1. The van der Waals surface area contributed by atoms with E-state index in [-0.39, 0.29) is 22.1 Å². The van der Waals surface area contributed by atoms with Crippen LogP contribution in [0.2, 0.25) is 5.04 Å². The molecule has 10 heteroatoms. The molecule has 0 aromatic heterocycles. The number of nitrogens with one attached hydrogen (secondary N) is 1. The molecule has 4 aromatic carbocycles. The van der Waals surface area contributed by atoms with Crippen molar-refractivity contribution in [1.82, 2.24) is 4.90 Å². The van der Waals surface area contributed by atoms with Crippen LogP contribution in [0, 0.1) is 6.92 Å². The molecule has 0 bridgehead atoms. The number of nitrogens with zero attached hydrogens (tertiary/aromatic N) is 1. The lowest BCUT2D eigenvalue weighted by molar-refractivity contribution is -0.0498. The van der Waals surface area contributed by atoms with E-state index in [4.69, 9.17) is 14.3 Å². The van der Waals surface area contributed by atoms with Crippen molar-refractivity contribution < 1.29 is 17.6 Å². The number of nitrogens with two attached hydrogens (primary N) is 1. The van der Waals surface area contributed by atoms with E-state index in [0.29, 0.717) is 13.2 Å². The lowest BCUT2D eigenvalue weighted by Crippen LogP contribution is -2.67. The third kappa shape index (κ3) is 9.18. The van der Waals surface area contributed by atoms with Crippen molar-refractivity contribution in [3.8, 4) is 0 Å². The van der Waals surface area contributed by atoms with E-state index >= 15 is 0 Å². The lowest BCUT2D eigenvalue weighted by Gasteiger charge is -2.44. The van der Waals surface area contributed by atoms with Crippen molar-refractivity contribution in [2.24, 2.45) is 5.14 Å². The Morgan fingerprint density at radius 2 is 1.56 bits per heavy atom. The van der Waals surface area contributed by atoms with E-state index in [1.54, 1.807) is 12.1 Å². The van der Waals surface area contributed by atoms with Gasteiger partial charge in [0.2, 0.25) is 10.0 Å². The molecular formula is C38H49N3O4S2Si. The maximum absolute atomic E-state index is 11.9. The molecule has 48 heavy (non-hydrogen) atoms. The number of ether oxygens (including phenoxy) is 1. The molecule has 1 saturated heterocycles. The van der Waals surface area contributed by atoms with Crippen molar-refractivity contribution in [3.05, 3.63) is 115 Å². The van der Waals surface area contributed by atoms with Crippen LogP contribution < -0.4 is 20.8 Å². The Labute approximate surface area is 292 Å². The van der Waals surface area contributed by atoms with Gasteiger partial charge in [0.15, 0.2) is 0 Å². The van der Waals surface area contributed by atoms with Gasteiger partial charge in [-0.2, -0.15) is 0 Å². The van der Waals surface area contributed by atoms with Crippen molar-refractivity contribution >= 4 is 46.2 Å². The predicted octanol–water partition coefficient (Wildman–Crippen LogP) is 5.88. The average Bonchev–Trinajstić information content (AvgIpc) is 3.07. The van der Waals surface area contributed by atoms with E-state index in [1.807, 2.05) is 30.8 Å². The minimum atomic E-state index is -3.76. The van der Waals surface area contributed by atoms with Crippen LogP contribution in [0.5, 0.6) is 0 Å². The van der Waals surface area contributed by atoms with Gasteiger partial charge in [0.1, 0.15) is 0 Å². The van der Waals surface area contributed by atoms with Gasteiger partial charge in [0.25, 0.3) is 8.32 Å². The van der Waals surface area contributed by atoms with Gasteiger partial charge < -0.3 is 14.5 Å². The minimum Gasteiger partial charge on any atom is -0.405 e. The van der Waals surface area contributed by atoms with E-state index in [9.17, 15) is 8.42 Å². The van der Waals surface area contributed by atoms with Crippen LogP contribution in [0.1, 0.15) is 32.8 Å². The van der Waals surface area contributed by atoms with Crippen LogP contribution in [0.3, 0.4) is 0 Å². The molecule has 4 aromatic rings. The molecule has 1 fully saturated rings. The van der Waals surface area contributed by atoms with Crippen LogP contribution in [-0.2, 0) is 19.2 Å². The van der Waals surface area contributed by atoms with Crippen molar-refractivity contribution in [3.63, 3.8) is 0 Å². The molecule has 7 nitrogen and oxygen atoms in total. The van der Waals surface area contributed by atoms with Gasteiger partial charge in [-0.1, -0.05) is 99.6 Å². The van der Waals surface area contributed by atoms with E-state index in [1.165, 1.54) is 15.3 Å². The summed E-state index contributed by atoms with van der Waals surface area (Å²) in [7, 11) is -6.42. The Bertz CT molecular complexity index is 1670. The molecule has 0 spiro atoms. The summed E-state index contributed by atoms with van der Waals surface area (Å²) in [4.78, 5) is 3.83. The summed E-state index contributed by atoms with van der Waals surface area (Å²) < 4.78 is 37.4. The quantitative estimate of drug-likeness (QED) is 0.125. The van der Waals surface area contributed by atoms with E-state index in [2.05, 4.69) is 116 Å². The Hall–Kier alpha value is -2.96. The molecule has 5 rings (SSSR count). The molecule has 0 aliphatic carbocycles. The number of thioether (sulfide) groups is 1. The summed E-state index contributed by atoms with van der Waals surface area (Å²) >= 11 is 1.82. The predicted molar refractivity (Wildman–Crippen MR) is 201 cm³/mol. The molecule has 1 aliphatic heterocycles. The zero-order valence-electron chi connectivity index (χ0n) is 28.5. The zero-order chi connectivity index (χ0) is 34.2. The number of aryl methyl sites for hydroxylation is 1. The van der Waals surface area contributed by atoms with Gasteiger partial charge in [0.05, 0.1) is 24.2 Å². The van der Waals surface area contributed by atoms with Crippen LogP contribution in [0.25, 0.3) is 0 Å². The number of anilines is 1. The van der Waals surface area contributed by atoms with Crippen molar-refractivity contribution in [2.75, 3.05) is 43.9 Å². The smallest absolute Gasteiger partial charge is 0.261 e. The average molecular weight is 704 g/mol. The maximum atomic E-state index is 11.9. The third-order valence-electron chi connectivity index (χ3n) is 9.00. The fraction of sp³-hybridized carbons (Fsp3) is 0.368. The van der Waals surface area contributed by atoms with Crippen LogP contribution in [-0.4, -0.2) is 72.4 Å². The topological polar surface area (TPSA) is 93.9 Å². The number of sulfonamides is 1. The molecule has 0 radical (unpaired) electrons. The van der Waals surface area contributed by atoms with Crippen LogP contribution >= 0.6 is 11.8 Å². The molecule has 3 N–H and O–H groups in total. The molecular weight excluding hydrogens is 655 g/mol. The molecule has 0 unspecified atom stereocenters. The van der Waals surface area contributed by atoms with Crippen LogP contribution in [0.15, 0.2) is 119 Å². The van der Waals surface area contributed by atoms with Crippen molar-refractivity contribution in [2.45, 2.75) is 61.1 Å². The largest absolute Gasteiger partial charge is 0.405 e. The number of hydrogen-bond acceptors (Lipinski definition) is 7. The molecule has 1 aliphatic rings. The summed E-state index contributed by atoms with van der Waals surface area (Å²) in [6.45, 7) is 12.6. The minimum absolute atomic E-state index is 0.0292. The van der Waals surface area contributed by atoms with Gasteiger partial charge in [-0.3, -0.25) is 4.90 Å². The summed E-state index contributed by atoms with van der Waals surface area (Å²) in [5, 5.41) is 11.5. The zero-order valence-corrected chi connectivity index (χ0v) is 31.1. The fourth-order valence-electron chi connectivity index (χ4n) is 6.51. The van der Waals surface area contributed by atoms with Gasteiger partial charge in [-0.05, 0) is 64.7 Å². The summed E-state index contributed by atoms with van der Waals surface area (Å²) in [6.07, 6.45) is 0.886. The highest BCUT2D eigenvalue weighted by Gasteiger charge is 2.50. The van der Waals surface area contributed by atoms with E-state index in [0.717, 1.165) is 43.1 Å². The first-order chi connectivity index (χ1) is 23.0.